The van der Waals surface area contributed by atoms with Crippen LogP contribution in [0.4, 0.5) is 0 Å². The summed E-state index contributed by atoms with van der Waals surface area (Å²) in [6.45, 7) is 6.34. The topological polar surface area (TPSA) is 80.8 Å². The quantitative estimate of drug-likeness (QED) is 0.800. The highest BCUT2D eigenvalue weighted by Crippen LogP contribution is 2.35. The molecular weight excluding hydrogens is 298 g/mol. The van der Waals surface area contributed by atoms with Gasteiger partial charge in [0.25, 0.3) is 0 Å². The molecule has 3 rings (SSSR count). The van der Waals surface area contributed by atoms with Crippen LogP contribution in [0, 0.1) is 0 Å². The van der Waals surface area contributed by atoms with Crippen LogP contribution in [0.25, 0.3) is 0 Å². The molecule has 1 N–H and O–H groups in total. The Hall–Kier alpha value is -1.99. The standard InChI is InChI=1S/C16H21N3O4/c1-16(2,3)23-15(21)12-9-18-8-11-14(20)22-13(19(11)12)10-5-4-6-17-7-10/h4-7,11-13,18H,8-9H2,1-3H3. The second-order valence-corrected chi connectivity index (χ2v) is 6.75. The van der Waals surface area contributed by atoms with Crippen LogP contribution in [0.15, 0.2) is 24.5 Å². The summed E-state index contributed by atoms with van der Waals surface area (Å²) in [5.74, 6) is -0.693. The number of carbonyl (C=O) groups is 2. The number of fused-ring (bicyclic) bond motifs is 1. The minimum absolute atomic E-state index is 0.334. The van der Waals surface area contributed by atoms with Crippen molar-refractivity contribution in [3.63, 3.8) is 0 Å². The zero-order valence-electron chi connectivity index (χ0n) is 13.5. The number of carbonyl (C=O) groups excluding carboxylic acids is 2. The van der Waals surface area contributed by atoms with Gasteiger partial charge >= 0.3 is 11.9 Å². The summed E-state index contributed by atoms with van der Waals surface area (Å²) >= 11 is 0. The normalized spacial score (nSPS) is 28.1. The smallest absolute Gasteiger partial charge is 0.326 e. The van der Waals surface area contributed by atoms with Crippen LogP contribution in [0.1, 0.15) is 32.6 Å². The van der Waals surface area contributed by atoms with E-state index in [1.165, 1.54) is 0 Å². The Balaban J connectivity index is 1.89. The van der Waals surface area contributed by atoms with E-state index in [-0.39, 0.29) is 11.9 Å². The molecule has 0 aliphatic carbocycles. The van der Waals surface area contributed by atoms with E-state index < -0.39 is 23.9 Å². The molecule has 0 amide bonds. The van der Waals surface area contributed by atoms with Gasteiger partial charge in [-0.1, -0.05) is 6.07 Å². The molecule has 2 saturated heterocycles. The van der Waals surface area contributed by atoms with Crippen LogP contribution >= 0.6 is 0 Å². The van der Waals surface area contributed by atoms with Crippen LogP contribution in [0.2, 0.25) is 0 Å². The Bertz CT molecular complexity index is 599. The second kappa shape index (κ2) is 5.90. The van der Waals surface area contributed by atoms with E-state index in [2.05, 4.69) is 10.3 Å². The van der Waals surface area contributed by atoms with Gasteiger partial charge in [-0.15, -0.1) is 0 Å². The number of hydrogen-bond donors (Lipinski definition) is 1. The maximum atomic E-state index is 12.6. The highest BCUT2D eigenvalue weighted by atomic mass is 16.6. The van der Waals surface area contributed by atoms with Gasteiger partial charge in [-0.3, -0.25) is 14.6 Å². The molecule has 0 spiro atoms. The van der Waals surface area contributed by atoms with Gasteiger partial charge in [0.1, 0.15) is 17.7 Å². The summed E-state index contributed by atoms with van der Waals surface area (Å²) in [6, 6.07) is 2.54. The van der Waals surface area contributed by atoms with Crippen LogP contribution in [0.3, 0.4) is 0 Å². The van der Waals surface area contributed by atoms with E-state index in [1.54, 1.807) is 23.4 Å². The number of ether oxygens (including phenoxy) is 2. The summed E-state index contributed by atoms with van der Waals surface area (Å²) < 4.78 is 11.0. The lowest BCUT2D eigenvalue weighted by Crippen LogP contribution is -2.60. The SMILES string of the molecule is CC(C)(C)OC(=O)C1CNCC2C(=O)OC(c3cccnc3)N21. The van der Waals surface area contributed by atoms with Gasteiger partial charge in [-0.25, -0.2) is 4.90 Å². The molecule has 1 aromatic rings. The lowest BCUT2D eigenvalue weighted by molar-refractivity contribution is -0.166. The summed E-state index contributed by atoms with van der Waals surface area (Å²) in [6.07, 6.45) is 2.69. The Morgan fingerprint density at radius 3 is 2.87 bits per heavy atom. The third-order valence-electron chi connectivity index (χ3n) is 3.81. The number of esters is 2. The van der Waals surface area contributed by atoms with Crippen molar-refractivity contribution < 1.29 is 19.1 Å². The molecular formula is C16H21N3O4. The number of hydrogen-bond acceptors (Lipinski definition) is 7. The van der Waals surface area contributed by atoms with Gasteiger partial charge in [0, 0.05) is 31.0 Å². The van der Waals surface area contributed by atoms with Gasteiger partial charge in [-0.05, 0) is 26.8 Å². The number of nitrogens with one attached hydrogen (secondary N) is 1. The van der Waals surface area contributed by atoms with Crippen molar-refractivity contribution in [3.05, 3.63) is 30.1 Å². The van der Waals surface area contributed by atoms with E-state index in [4.69, 9.17) is 9.47 Å². The molecule has 2 fully saturated rings. The lowest BCUT2D eigenvalue weighted by atomic mass is 10.1. The molecule has 0 radical (unpaired) electrons. The summed E-state index contributed by atoms with van der Waals surface area (Å²) in [5, 5.41) is 3.12. The van der Waals surface area contributed by atoms with Gasteiger partial charge in [0.05, 0.1) is 0 Å². The number of cyclic esters (lactones) is 1. The first kappa shape index (κ1) is 15.9. The third kappa shape index (κ3) is 3.20. The predicted molar refractivity (Wildman–Crippen MR) is 81.2 cm³/mol. The summed E-state index contributed by atoms with van der Waals surface area (Å²) in [5.41, 5.74) is 0.164. The van der Waals surface area contributed by atoms with Crippen molar-refractivity contribution in [2.75, 3.05) is 13.1 Å². The molecule has 3 unspecified atom stereocenters. The lowest BCUT2D eigenvalue weighted by Gasteiger charge is -2.37. The summed E-state index contributed by atoms with van der Waals surface area (Å²) in [7, 11) is 0. The minimum Gasteiger partial charge on any atom is -0.459 e. The van der Waals surface area contributed by atoms with Crippen molar-refractivity contribution in [2.45, 2.75) is 44.7 Å². The maximum Gasteiger partial charge on any atom is 0.326 e. The highest BCUT2D eigenvalue weighted by Gasteiger charge is 2.51. The fourth-order valence-corrected chi connectivity index (χ4v) is 2.90. The number of rotatable bonds is 2. The molecule has 23 heavy (non-hydrogen) atoms. The first-order valence-corrected chi connectivity index (χ1v) is 7.68. The average molecular weight is 319 g/mol. The fourth-order valence-electron chi connectivity index (χ4n) is 2.90. The van der Waals surface area contributed by atoms with Crippen LogP contribution < -0.4 is 5.32 Å². The molecule has 2 aliphatic heterocycles. The Morgan fingerprint density at radius 2 is 2.22 bits per heavy atom. The van der Waals surface area contributed by atoms with E-state index in [1.807, 2.05) is 26.8 Å². The van der Waals surface area contributed by atoms with Crippen molar-refractivity contribution in [2.24, 2.45) is 0 Å². The third-order valence-corrected chi connectivity index (χ3v) is 3.81. The van der Waals surface area contributed by atoms with Crippen LogP contribution in [-0.2, 0) is 19.1 Å². The van der Waals surface area contributed by atoms with Gasteiger partial charge < -0.3 is 14.8 Å². The number of pyridine rings is 1. The summed E-state index contributed by atoms with van der Waals surface area (Å²) in [4.78, 5) is 30.6. The van der Waals surface area contributed by atoms with Crippen molar-refractivity contribution in [3.8, 4) is 0 Å². The number of nitrogens with zero attached hydrogens (tertiary/aromatic N) is 2. The first-order chi connectivity index (χ1) is 10.9. The van der Waals surface area contributed by atoms with E-state index in [9.17, 15) is 9.59 Å². The molecule has 3 heterocycles. The van der Waals surface area contributed by atoms with Crippen LogP contribution in [-0.4, -0.2) is 52.6 Å². The van der Waals surface area contributed by atoms with E-state index in [0.29, 0.717) is 13.1 Å². The molecule has 0 aromatic carbocycles. The number of piperazine rings is 1. The largest absolute Gasteiger partial charge is 0.459 e. The number of aromatic nitrogens is 1. The zero-order chi connectivity index (χ0) is 16.6. The molecule has 1 aromatic heterocycles. The fraction of sp³-hybridized carbons (Fsp3) is 0.562. The Morgan fingerprint density at radius 1 is 1.43 bits per heavy atom. The van der Waals surface area contributed by atoms with Crippen molar-refractivity contribution in [1.82, 2.24) is 15.2 Å². The molecule has 0 saturated carbocycles. The molecule has 7 nitrogen and oxygen atoms in total. The Kier molecular flexibility index (Phi) is 4.08. The van der Waals surface area contributed by atoms with E-state index in [0.717, 1.165) is 5.56 Å². The average Bonchev–Trinajstić information content (AvgIpc) is 2.84. The van der Waals surface area contributed by atoms with Crippen LogP contribution in [0.5, 0.6) is 0 Å². The molecule has 7 heteroatoms. The van der Waals surface area contributed by atoms with Gasteiger partial charge in [0.2, 0.25) is 0 Å². The zero-order valence-corrected chi connectivity index (χ0v) is 13.5. The van der Waals surface area contributed by atoms with Crippen molar-refractivity contribution >= 4 is 11.9 Å². The molecule has 0 bridgehead atoms. The highest BCUT2D eigenvalue weighted by molar-refractivity contribution is 5.83. The molecule has 3 atom stereocenters. The maximum absolute atomic E-state index is 12.6. The van der Waals surface area contributed by atoms with Gasteiger partial charge in [-0.2, -0.15) is 0 Å². The molecule has 124 valence electrons. The van der Waals surface area contributed by atoms with E-state index >= 15 is 0 Å². The molecule has 2 aliphatic rings. The first-order valence-electron chi connectivity index (χ1n) is 7.68. The minimum atomic E-state index is -0.610. The monoisotopic (exact) mass is 319 g/mol. The Labute approximate surface area is 135 Å². The predicted octanol–water partition coefficient (Wildman–Crippen LogP) is 0.621. The van der Waals surface area contributed by atoms with Crippen molar-refractivity contribution in [1.29, 1.82) is 0 Å². The van der Waals surface area contributed by atoms with Gasteiger partial charge in [0.15, 0.2) is 6.23 Å². The second-order valence-electron chi connectivity index (χ2n) is 6.75.